The Morgan fingerprint density at radius 3 is 2.09 bits per heavy atom. The number of aromatic nitrogens is 1. The van der Waals surface area contributed by atoms with Crippen LogP contribution < -0.4 is 26.0 Å². The average Bonchev–Trinajstić information content (AvgIpc) is 4.01. The second-order valence-electron chi connectivity index (χ2n) is 14.9. The van der Waals surface area contributed by atoms with Gasteiger partial charge in [-0.15, -0.1) is 0 Å². The molecular formula is C42H47N7O9. The highest BCUT2D eigenvalue weighted by molar-refractivity contribution is 6.01. The van der Waals surface area contributed by atoms with E-state index in [1.54, 1.807) is 12.1 Å². The van der Waals surface area contributed by atoms with E-state index in [0.29, 0.717) is 55.9 Å². The van der Waals surface area contributed by atoms with Gasteiger partial charge in [0, 0.05) is 47.0 Å². The fourth-order valence-electron chi connectivity index (χ4n) is 7.98. The van der Waals surface area contributed by atoms with Gasteiger partial charge in [-0.3, -0.25) is 19.2 Å². The van der Waals surface area contributed by atoms with Crippen LogP contribution in [0.5, 0.6) is 5.75 Å². The van der Waals surface area contributed by atoms with Gasteiger partial charge in [-0.1, -0.05) is 44.2 Å². The van der Waals surface area contributed by atoms with Crippen molar-refractivity contribution in [1.29, 1.82) is 0 Å². The minimum Gasteiger partial charge on any atom is -0.465 e. The Balaban J connectivity index is 1.13. The number of fused-ring (bicyclic) bond motifs is 5. The SMILES string of the molecule is COC(=O)NCC(=O)N1CCC[C@H]1C(=O)Nc1ccc2c(c1)OC(c1ccccc1)n1c-2cc2cc(NC(=O)C3CCCN3C(=O)C(NC(=O)OC)C(C)C)ccc21. The molecule has 1 aromatic heterocycles. The second-order valence-corrected chi connectivity index (χ2v) is 14.9. The van der Waals surface area contributed by atoms with Crippen LogP contribution in [0.2, 0.25) is 0 Å². The number of nitrogens with zero attached hydrogens (tertiary/aromatic N) is 3. The molecule has 3 aromatic carbocycles. The van der Waals surface area contributed by atoms with Gasteiger partial charge >= 0.3 is 12.2 Å². The Morgan fingerprint density at radius 1 is 0.776 bits per heavy atom. The van der Waals surface area contributed by atoms with Gasteiger partial charge in [0.25, 0.3) is 0 Å². The number of hydrogen-bond acceptors (Lipinski definition) is 9. The zero-order valence-corrected chi connectivity index (χ0v) is 32.8. The Morgan fingerprint density at radius 2 is 1.41 bits per heavy atom. The third-order valence-electron chi connectivity index (χ3n) is 10.9. The lowest BCUT2D eigenvalue weighted by atomic mass is 10.0. The van der Waals surface area contributed by atoms with Crippen LogP contribution in [0.25, 0.3) is 22.2 Å². The highest BCUT2D eigenvalue weighted by Crippen LogP contribution is 2.45. The van der Waals surface area contributed by atoms with Crippen molar-refractivity contribution in [3.8, 4) is 17.0 Å². The van der Waals surface area contributed by atoms with Gasteiger partial charge in [0.1, 0.15) is 30.4 Å². The maximum atomic E-state index is 13.7. The first kappa shape index (κ1) is 39.6. The van der Waals surface area contributed by atoms with Gasteiger partial charge in [0.15, 0.2) is 0 Å². The van der Waals surface area contributed by atoms with Crippen LogP contribution >= 0.6 is 0 Å². The van der Waals surface area contributed by atoms with Gasteiger partial charge in [-0.05, 0) is 68.0 Å². The molecule has 3 unspecified atom stereocenters. The molecule has 2 fully saturated rings. The summed E-state index contributed by atoms with van der Waals surface area (Å²) in [4.78, 5) is 80.2. The molecule has 304 valence electrons. The van der Waals surface area contributed by atoms with Gasteiger partial charge < -0.3 is 49.8 Å². The summed E-state index contributed by atoms with van der Waals surface area (Å²) in [6.07, 6.45) is 0.278. The van der Waals surface area contributed by atoms with Crippen LogP contribution in [0.4, 0.5) is 21.0 Å². The molecule has 6 amide bonds. The van der Waals surface area contributed by atoms with Crippen LogP contribution in [0.3, 0.4) is 0 Å². The van der Waals surface area contributed by atoms with E-state index in [1.165, 1.54) is 24.0 Å². The van der Waals surface area contributed by atoms with Crippen molar-refractivity contribution in [3.05, 3.63) is 78.4 Å². The topological polar surface area (TPSA) is 190 Å². The van der Waals surface area contributed by atoms with Gasteiger partial charge in [0.05, 0.1) is 25.4 Å². The first-order valence-electron chi connectivity index (χ1n) is 19.4. The molecule has 0 aliphatic carbocycles. The smallest absolute Gasteiger partial charge is 0.407 e. The van der Waals surface area contributed by atoms with E-state index in [2.05, 4.69) is 30.6 Å². The third kappa shape index (κ3) is 7.99. The van der Waals surface area contributed by atoms with Gasteiger partial charge in [-0.2, -0.15) is 0 Å². The number of likely N-dealkylation sites (tertiary alicyclic amines) is 2. The third-order valence-corrected chi connectivity index (χ3v) is 10.9. The van der Waals surface area contributed by atoms with E-state index in [4.69, 9.17) is 9.47 Å². The quantitative estimate of drug-likeness (QED) is 0.174. The molecule has 58 heavy (non-hydrogen) atoms. The largest absolute Gasteiger partial charge is 0.465 e. The van der Waals surface area contributed by atoms with Crippen LogP contribution in [-0.2, 0) is 28.7 Å². The van der Waals surface area contributed by atoms with E-state index in [0.717, 1.165) is 27.7 Å². The lowest BCUT2D eigenvalue weighted by Crippen LogP contribution is -2.54. The molecule has 0 radical (unpaired) electrons. The molecule has 16 nitrogen and oxygen atoms in total. The minimum atomic E-state index is -0.837. The van der Waals surface area contributed by atoms with Crippen LogP contribution in [-0.4, -0.2) is 102 Å². The summed E-state index contributed by atoms with van der Waals surface area (Å²) in [6, 6.07) is 20.6. The van der Waals surface area contributed by atoms with E-state index in [-0.39, 0.29) is 36.1 Å². The predicted octanol–water partition coefficient (Wildman–Crippen LogP) is 4.84. The van der Waals surface area contributed by atoms with Crippen molar-refractivity contribution >= 4 is 58.1 Å². The Labute approximate surface area is 335 Å². The number of alkyl carbamates (subject to hydrolysis) is 2. The molecule has 4 N–H and O–H groups in total. The highest BCUT2D eigenvalue weighted by Gasteiger charge is 2.39. The summed E-state index contributed by atoms with van der Waals surface area (Å²) in [7, 11) is 2.45. The lowest BCUT2D eigenvalue weighted by molar-refractivity contribution is -0.139. The van der Waals surface area contributed by atoms with Crippen LogP contribution in [0.15, 0.2) is 72.8 Å². The number of ether oxygens (including phenoxy) is 3. The van der Waals surface area contributed by atoms with Crippen molar-refractivity contribution in [2.24, 2.45) is 5.92 Å². The number of amides is 6. The normalized spacial score (nSPS) is 18.7. The molecular weight excluding hydrogens is 747 g/mol. The Kier molecular flexibility index (Phi) is 11.5. The van der Waals surface area contributed by atoms with Crippen LogP contribution in [0, 0.1) is 5.92 Å². The number of rotatable bonds is 10. The predicted molar refractivity (Wildman–Crippen MR) is 214 cm³/mol. The molecule has 4 heterocycles. The average molecular weight is 794 g/mol. The molecule has 3 aliphatic heterocycles. The fraction of sp³-hybridized carbons (Fsp3) is 0.381. The van der Waals surface area contributed by atoms with Crippen molar-refractivity contribution in [2.75, 3.05) is 44.5 Å². The van der Waals surface area contributed by atoms with Crippen molar-refractivity contribution in [2.45, 2.75) is 63.9 Å². The molecule has 4 atom stereocenters. The number of methoxy groups -OCH3 is 2. The molecule has 3 aliphatic rings. The fourth-order valence-corrected chi connectivity index (χ4v) is 7.98. The number of carbonyl (C=O) groups excluding carboxylic acids is 6. The van der Waals surface area contributed by atoms with Crippen molar-refractivity contribution < 1.29 is 43.0 Å². The van der Waals surface area contributed by atoms with E-state index in [9.17, 15) is 28.8 Å². The van der Waals surface area contributed by atoms with Crippen molar-refractivity contribution in [1.82, 2.24) is 25.0 Å². The van der Waals surface area contributed by atoms with Gasteiger partial charge in [-0.25, -0.2) is 9.59 Å². The minimum absolute atomic E-state index is 0.220. The maximum Gasteiger partial charge on any atom is 0.407 e. The Hall–Kier alpha value is -6.58. The maximum absolute atomic E-state index is 13.7. The standard InChI is InChI=1S/C42H47N7O9/c1-24(2)36(46-42(55)57-4)39(53)48-19-9-13-32(48)38(52)44-27-15-17-30-26(20-27)21-33-29-16-14-28(22-34(29)58-40(49(30)33)25-10-6-5-7-11-25)45-37(51)31-12-8-18-47(31)35(50)23-43-41(54)56-3/h5-7,10-11,14-17,20-22,24,31-32,36,40H,8-9,12-13,18-19,23H2,1-4H3,(H,43,54)(H,44,52)(H,45,51)(H,46,55)/t31-,32?,36?,40?/m0/s1. The zero-order valence-electron chi connectivity index (χ0n) is 32.8. The number of nitrogens with one attached hydrogen (secondary N) is 4. The summed E-state index contributed by atoms with van der Waals surface area (Å²) in [5.74, 6) is -1.04. The van der Waals surface area contributed by atoms with Crippen molar-refractivity contribution in [3.63, 3.8) is 0 Å². The van der Waals surface area contributed by atoms with E-state index in [1.807, 2.05) is 74.5 Å². The second kappa shape index (κ2) is 16.9. The number of benzene rings is 3. The van der Waals surface area contributed by atoms with E-state index >= 15 is 0 Å². The molecule has 7 rings (SSSR count). The monoisotopic (exact) mass is 793 g/mol. The summed E-state index contributed by atoms with van der Waals surface area (Å²) >= 11 is 0. The first-order chi connectivity index (χ1) is 28.0. The molecule has 16 heteroatoms. The number of carbonyl (C=O) groups is 6. The first-order valence-corrected chi connectivity index (χ1v) is 19.4. The van der Waals surface area contributed by atoms with Gasteiger partial charge in [0.2, 0.25) is 29.9 Å². The lowest BCUT2D eigenvalue weighted by Gasteiger charge is -2.31. The Bertz CT molecular complexity index is 2240. The van der Waals surface area contributed by atoms with E-state index < -0.39 is 36.5 Å². The molecule has 0 saturated carbocycles. The number of anilines is 2. The van der Waals surface area contributed by atoms with Crippen LogP contribution in [0.1, 0.15) is 51.3 Å². The summed E-state index contributed by atoms with van der Waals surface area (Å²) in [6.45, 7) is 4.17. The molecule has 4 aromatic rings. The summed E-state index contributed by atoms with van der Waals surface area (Å²) in [5, 5.41) is 11.8. The molecule has 0 bridgehead atoms. The molecule has 0 spiro atoms. The highest BCUT2D eigenvalue weighted by atomic mass is 16.5. The zero-order chi connectivity index (χ0) is 41.1. The summed E-state index contributed by atoms with van der Waals surface area (Å²) in [5.41, 5.74) is 4.47. The number of hydrogen-bond donors (Lipinski definition) is 4. The molecule has 2 saturated heterocycles. The summed E-state index contributed by atoms with van der Waals surface area (Å²) < 4.78 is 18.1.